The third-order valence-electron chi connectivity index (χ3n) is 2.34. The van der Waals surface area contributed by atoms with Gasteiger partial charge in [-0.25, -0.2) is 0 Å². The maximum absolute atomic E-state index is 2.44. The highest BCUT2D eigenvalue weighted by Crippen LogP contribution is 2.37. The molecule has 60 valence electrons. The smallest absolute Gasteiger partial charge is 0.0334 e. The van der Waals surface area contributed by atoms with Crippen LogP contribution in [0.25, 0.3) is 0 Å². The van der Waals surface area contributed by atoms with Crippen molar-refractivity contribution in [1.29, 1.82) is 0 Å². The fourth-order valence-electron chi connectivity index (χ4n) is 1.58. The molecule has 0 N–H and O–H groups in total. The van der Waals surface area contributed by atoms with Gasteiger partial charge in [0.05, 0.1) is 0 Å². The zero-order chi connectivity index (χ0) is 7.84. The molecule has 1 aromatic heterocycles. The van der Waals surface area contributed by atoms with Gasteiger partial charge < -0.3 is 4.57 Å². The molecule has 0 saturated heterocycles. The van der Waals surface area contributed by atoms with Crippen LogP contribution >= 0.6 is 0 Å². The van der Waals surface area contributed by atoms with E-state index in [0.717, 1.165) is 6.04 Å². The lowest BCUT2D eigenvalue weighted by atomic mass is 10.1. The molecular formula is C10H15N. The molecule has 0 radical (unpaired) electrons. The SMILES string of the molecule is CC(C)c1cccn1C1CC1. The second kappa shape index (κ2) is 2.40. The Morgan fingerprint density at radius 2 is 2.18 bits per heavy atom. The third-order valence-corrected chi connectivity index (χ3v) is 2.34. The zero-order valence-corrected chi connectivity index (χ0v) is 7.25. The molecule has 1 fully saturated rings. The molecule has 0 aliphatic heterocycles. The first-order valence-electron chi connectivity index (χ1n) is 4.46. The van der Waals surface area contributed by atoms with E-state index in [2.05, 4.69) is 36.7 Å². The molecule has 1 aliphatic rings. The van der Waals surface area contributed by atoms with E-state index in [9.17, 15) is 0 Å². The summed E-state index contributed by atoms with van der Waals surface area (Å²) in [6, 6.07) is 5.24. The first-order valence-corrected chi connectivity index (χ1v) is 4.46. The summed E-state index contributed by atoms with van der Waals surface area (Å²) in [7, 11) is 0. The number of hydrogen-bond acceptors (Lipinski definition) is 0. The molecule has 0 bridgehead atoms. The maximum Gasteiger partial charge on any atom is 0.0334 e. The fourth-order valence-corrected chi connectivity index (χ4v) is 1.58. The second-order valence-electron chi connectivity index (χ2n) is 3.73. The number of rotatable bonds is 2. The van der Waals surface area contributed by atoms with E-state index in [1.807, 2.05) is 0 Å². The van der Waals surface area contributed by atoms with Gasteiger partial charge in [0.1, 0.15) is 0 Å². The van der Waals surface area contributed by atoms with Crippen molar-refractivity contribution in [3.05, 3.63) is 24.0 Å². The summed E-state index contributed by atoms with van der Waals surface area (Å²) in [5.41, 5.74) is 1.49. The van der Waals surface area contributed by atoms with Gasteiger partial charge in [0, 0.05) is 17.9 Å². The quantitative estimate of drug-likeness (QED) is 0.609. The summed E-state index contributed by atoms with van der Waals surface area (Å²) in [5, 5.41) is 0. The Labute approximate surface area is 68.0 Å². The van der Waals surface area contributed by atoms with Gasteiger partial charge in [-0.15, -0.1) is 0 Å². The Morgan fingerprint density at radius 1 is 1.45 bits per heavy atom. The molecule has 1 aromatic rings. The van der Waals surface area contributed by atoms with E-state index in [4.69, 9.17) is 0 Å². The summed E-state index contributed by atoms with van der Waals surface area (Å²) in [6.07, 6.45) is 4.98. The van der Waals surface area contributed by atoms with E-state index >= 15 is 0 Å². The topological polar surface area (TPSA) is 4.93 Å². The third kappa shape index (κ3) is 1.20. The maximum atomic E-state index is 2.44. The van der Waals surface area contributed by atoms with Crippen LogP contribution in [0.1, 0.15) is 44.3 Å². The Bertz CT molecular complexity index is 227. The number of aromatic nitrogens is 1. The Kier molecular flexibility index (Phi) is 1.52. The first kappa shape index (κ1) is 6.96. The molecule has 2 rings (SSSR count). The van der Waals surface area contributed by atoms with Crippen LogP contribution in [0.3, 0.4) is 0 Å². The van der Waals surface area contributed by atoms with E-state index in [1.54, 1.807) is 0 Å². The Hall–Kier alpha value is -0.720. The molecule has 1 saturated carbocycles. The lowest BCUT2D eigenvalue weighted by Crippen LogP contribution is -1.99. The Morgan fingerprint density at radius 3 is 2.73 bits per heavy atom. The van der Waals surface area contributed by atoms with Crippen LogP contribution in [0.15, 0.2) is 18.3 Å². The van der Waals surface area contributed by atoms with Gasteiger partial charge in [-0.3, -0.25) is 0 Å². The lowest BCUT2D eigenvalue weighted by molar-refractivity contribution is 0.659. The van der Waals surface area contributed by atoms with Crippen LogP contribution < -0.4 is 0 Å². The summed E-state index contributed by atoms with van der Waals surface area (Å²) < 4.78 is 2.44. The largest absolute Gasteiger partial charge is 0.348 e. The van der Waals surface area contributed by atoms with Gasteiger partial charge in [0.15, 0.2) is 0 Å². The minimum atomic E-state index is 0.672. The van der Waals surface area contributed by atoms with Crippen molar-refractivity contribution in [3.63, 3.8) is 0 Å². The van der Waals surface area contributed by atoms with Crippen molar-refractivity contribution in [2.75, 3.05) is 0 Å². The predicted molar refractivity (Wildman–Crippen MR) is 46.8 cm³/mol. The van der Waals surface area contributed by atoms with Crippen LogP contribution in [0, 0.1) is 0 Å². The lowest BCUT2D eigenvalue weighted by Gasteiger charge is -2.09. The van der Waals surface area contributed by atoms with Gasteiger partial charge in [0.2, 0.25) is 0 Å². The molecule has 1 aliphatic carbocycles. The van der Waals surface area contributed by atoms with Crippen LogP contribution in [-0.2, 0) is 0 Å². The van der Waals surface area contributed by atoms with E-state index in [1.165, 1.54) is 18.5 Å². The van der Waals surface area contributed by atoms with Crippen molar-refractivity contribution in [3.8, 4) is 0 Å². The van der Waals surface area contributed by atoms with Crippen molar-refractivity contribution in [1.82, 2.24) is 4.57 Å². The highest BCUT2D eigenvalue weighted by atomic mass is 15.0. The molecule has 0 unspecified atom stereocenters. The van der Waals surface area contributed by atoms with Gasteiger partial charge in [-0.1, -0.05) is 13.8 Å². The second-order valence-corrected chi connectivity index (χ2v) is 3.73. The summed E-state index contributed by atoms with van der Waals surface area (Å²) in [4.78, 5) is 0. The molecule has 0 aromatic carbocycles. The van der Waals surface area contributed by atoms with E-state index in [-0.39, 0.29) is 0 Å². The highest BCUT2D eigenvalue weighted by molar-refractivity contribution is 5.13. The van der Waals surface area contributed by atoms with Gasteiger partial charge in [-0.05, 0) is 30.9 Å². The van der Waals surface area contributed by atoms with Crippen LogP contribution in [0.5, 0.6) is 0 Å². The number of hydrogen-bond donors (Lipinski definition) is 0. The van der Waals surface area contributed by atoms with Gasteiger partial charge in [-0.2, -0.15) is 0 Å². The molecule has 1 heteroatoms. The van der Waals surface area contributed by atoms with Gasteiger partial charge >= 0.3 is 0 Å². The van der Waals surface area contributed by atoms with E-state index in [0.29, 0.717) is 5.92 Å². The molecule has 0 spiro atoms. The molecule has 11 heavy (non-hydrogen) atoms. The predicted octanol–water partition coefficient (Wildman–Crippen LogP) is 2.95. The standard InChI is InChI=1S/C10H15N/c1-8(2)10-4-3-7-11(10)9-5-6-9/h3-4,7-9H,5-6H2,1-2H3. The molecule has 1 nitrogen and oxygen atoms in total. The fraction of sp³-hybridized carbons (Fsp3) is 0.600. The first-order chi connectivity index (χ1) is 5.29. The van der Waals surface area contributed by atoms with Crippen molar-refractivity contribution in [2.45, 2.75) is 38.6 Å². The molecule has 0 atom stereocenters. The normalized spacial score (nSPS) is 17.7. The van der Waals surface area contributed by atoms with Crippen molar-refractivity contribution < 1.29 is 0 Å². The average Bonchev–Trinajstić information content (AvgIpc) is 2.68. The molecule has 0 amide bonds. The van der Waals surface area contributed by atoms with Crippen LogP contribution in [0.4, 0.5) is 0 Å². The Balaban J connectivity index is 2.30. The summed E-state index contributed by atoms with van der Waals surface area (Å²) in [5.74, 6) is 0.672. The van der Waals surface area contributed by atoms with E-state index < -0.39 is 0 Å². The highest BCUT2D eigenvalue weighted by Gasteiger charge is 2.24. The summed E-state index contributed by atoms with van der Waals surface area (Å²) >= 11 is 0. The summed E-state index contributed by atoms with van der Waals surface area (Å²) in [6.45, 7) is 4.52. The molecular weight excluding hydrogens is 134 g/mol. The zero-order valence-electron chi connectivity index (χ0n) is 7.25. The van der Waals surface area contributed by atoms with Crippen LogP contribution in [0.2, 0.25) is 0 Å². The minimum Gasteiger partial charge on any atom is -0.348 e. The van der Waals surface area contributed by atoms with Crippen molar-refractivity contribution >= 4 is 0 Å². The average molecular weight is 149 g/mol. The molecule has 1 heterocycles. The minimum absolute atomic E-state index is 0.672. The monoisotopic (exact) mass is 149 g/mol. The number of nitrogens with zero attached hydrogens (tertiary/aromatic N) is 1. The van der Waals surface area contributed by atoms with Crippen molar-refractivity contribution in [2.24, 2.45) is 0 Å². The van der Waals surface area contributed by atoms with Crippen LogP contribution in [-0.4, -0.2) is 4.57 Å². The van der Waals surface area contributed by atoms with Gasteiger partial charge in [0.25, 0.3) is 0 Å².